The van der Waals surface area contributed by atoms with Gasteiger partial charge >= 0.3 is 0 Å². The number of hydrogen-bond donors (Lipinski definition) is 0. The van der Waals surface area contributed by atoms with Crippen LogP contribution in [0.2, 0.25) is 0 Å². The fourth-order valence-electron chi connectivity index (χ4n) is 7.24. The number of benzene rings is 6. The molecule has 0 bridgehead atoms. The molecule has 2 aromatic heterocycles. The summed E-state index contributed by atoms with van der Waals surface area (Å²) in [7, 11) is 0. The molecule has 1 aliphatic carbocycles. The molecule has 0 radical (unpaired) electrons. The van der Waals surface area contributed by atoms with Crippen LogP contribution in [0.5, 0.6) is 0 Å². The first-order chi connectivity index (χ1) is 23.1. The predicted octanol–water partition coefficient (Wildman–Crippen LogP) is 10.5. The Bertz CT molecular complexity index is 2410. The molecule has 0 spiro atoms. The van der Waals surface area contributed by atoms with E-state index in [0.29, 0.717) is 17.5 Å². The van der Waals surface area contributed by atoms with Crippen LogP contribution in [0.15, 0.2) is 146 Å². The van der Waals surface area contributed by atoms with E-state index >= 15 is 0 Å². The molecule has 0 unspecified atom stereocenters. The molecular formula is C43H30N4. The lowest BCUT2D eigenvalue weighted by atomic mass is 9.79. The molecule has 4 nitrogen and oxygen atoms in total. The van der Waals surface area contributed by atoms with Crippen LogP contribution in [0.1, 0.15) is 25.0 Å². The van der Waals surface area contributed by atoms with Crippen molar-refractivity contribution >= 4 is 21.7 Å². The maximum Gasteiger partial charge on any atom is 0.164 e. The summed E-state index contributed by atoms with van der Waals surface area (Å²) in [6, 6.07) is 50.6. The summed E-state index contributed by atoms with van der Waals surface area (Å²) in [5.74, 6) is 1.94. The summed E-state index contributed by atoms with van der Waals surface area (Å²) in [4.78, 5) is 20.1. The van der Waals surface area contributed by atoms with Gasteiger partial charge in [0.25, 0.3) is 0 Å². The van der Waals surface area contributed by atoms with Crippen LogP contribution < -0.4 is 0 Å². The first kappa shape index (κ1) is 27.3. The van der Waals surface area contributed by atoms with Gasteiger partial charge in [-0.25, -0.2) is 19.9 Å². The summed E-state index contributed by atoms with van der Waals surface area (Å²) in [5.41, 5.74) is 11.0. The smallest absolute Gasteiger partial charge is 0.164 e. The molecule has 0 aliphatic heterocycles. The van der Waals surface area contributed by atoms with Crippen LogP contribution in [-0.4, -0.2) is 19.9 Å². The van der Waals surface area contributed by atoms with E-state index in [9.17, 15) is 0 Å². The normalized spacial score (nSPS) is 13.1. The SMILES string of the molecule is CC1(C)c2ccccc2-c2ccc3c(c(-c4ccc(-c5nc(-c6ccccc6)nc(-c6ccccc6)n5)cc4)nc4ccccc43)c21. The van der Waals surface area contributed by atoms with Gasteiger partial charge < -0.3 is 0 Å². The van der Waals surface area contributed by atoms with Crippen molar-refractivity contribution in [1.82, 2.24) is 19.9 Å². The van der Waals surface area contributed by atoms with Crippen LogP contribution in [0, 0.1) is 0 Å². The zero-order chi connectivity index (χ0) is 31.5. The molecule has 9 rings (SSSR count). The van der Waals surface area contributed by atoms with Crippen LogP contribution in [0.25, 0.3) is 78.2 Å². The van der Waals surface area contributed by atoms with Crippen LogP contribution in [0.3, 0.4) is 0 Å². The zero-order valence-electron chi connectivity index (χ0n) is 26.1. The van der Waals surface area contributed by atoms with Gasteiger partial charge in [0, 0.05) is 38.4 Å². The number of para-hydroxylation sites is 1. The van der Waals surface area contributed by atoms with E-state index < -0.39 is 0 Å². The number of pyridine rings is 1. The monoisotopic (exact) mass is 602 g/mol. The zero-order valence-corrected chi connectivity index (χ0v) is 26.1. The average molecular weight is 603 g/mol. The average Bonchev–Trinajstić information content (AvgIpc) is 3.38. The highest BCUT2D eigenvalue weighted by atomic mass is 15.0. The molecule has 6 aromatic carbocycles. The maximum atomic E-state index is 5.35. The third-order valence-electron chi connectivity index (χ3n) is 9.50. The van der Waals surface area contributed by atoms with Gasteiger partial charge in [-0.3, -0.25) is 0 Å². The van der Waals surface area contributed by atoms with Crippen molar-refractivity contribution in [3.8, 4) is 56.5 Å². The van der Waals surface area contributed by atoms with Crippen LogP contribution in [-0.2, 0) is 5.41 Å². The third kappa shape index (κ3) is 4.37. The minimum atomic E-state index is -0.170. The van der Waals surface area contributed by atoms with Gasteiger partial charge in [0.1, 0.15) is 0 Å². The second-order valence-corrected chi connectivity index (χ2v) is 12.7. The lowest BCUT2D eigenvalue weighted by Gasteiger charge is -2.24. The molecule has 47 heavy (non-hydrogen) atoms. The van der Waals surface area contributed by atoms with Gasteiger partial charge in [0.2, 0.25) is 0 Å². The molecule has 2 heterocycles. The summed E-state index contributed by atoms with van der Waals surface area (Å²) in [6.07, 6.45) is 0. The van der Waals surface area contributed by atoms with E-state index in [1.54, 1.807) is 0 Å². The Balaban J connectivity index is 1.24. The predicted molar refractivity (Wildman–Crippen MR) is 192 cm³/mol. The highest BCUT2D eigenvalue weighted by Crippen LogP contribution is 2.53. The highest BCUT2D eigenvalue weighted by Gasteiger charge is 2.37. The van der Waals surface area contributed by atoms with E-state index in [0.717, 1.165) is 33.5 Å². The minimum Gasteiger partial charge on any atom is -0.247 e. The lowest BCUT2D eigenvalue weighted by molar-refractivity contribution is 0.666. The number of hydrogen-bond acceptors (Lipinski definition) is 4. The summed E-state index contributed by atoms with van der Waals surface area (Å²) in [6.45, 7) is 4.68. The quantitative estimate of drug-likeness (QED) is 0.188. The molecule has 0 saturated heterocycles. The first-order valence-corrected chi connectivity index (χ1v) is 16.0. The summed E-state index contributed by atoms with van der Waals surface area (Å²) >= 11 is 0. The van der Waals surface area contributed by atoms with Crippen LogP contribution >= 0.6 is 0 Å². The van der Waals surface area contributed by atoms with Gasteiger partial charge in [-0.2, -0.15) is 0 Å². The van der Waals surface area contributed by atoms with Gasteiger partial charge in [0.05, 0.1) is 11.2 Å². The Morgan fingerprint density at radius 3 is 1.60 bits per heavy atom. The number of rotatable bonds is 4. The number of nitrogens with zero attached hydrogens (tertiary/aromatic N) is 4. The topological polar surface area (TPSA) is 51.6 Å². The number of aromatic nitrogens is 4. The van der Waals surface area contributed by atoms with Crippen molar-refractivity contribution in [3.63, 3.8) is 0 Å². The van der Waals surface area contributed by atoms with Gasteiger partial charge in [-0.15, -0.1) is 0 Å². The van der Waals surface area contributed by atoms with Crippen molar-refractivity contribution < 1.29 is 0 Å². The fourth-order valence-corrected chi connectivity index (χ4v) is 7.24. The van der Waals surface area contributed by atoms with Crippen molar-refractivity contribution in [3.05, 3.63) is 157 Å². The van der Waals surface area contributed by atoms with Crippen molar-refractivity contribution in [2.45, 2.75) is 19.3 Å². The lowest BCUT2D eigenvalue weighted by Crippen LogP contribution is -2.16. The molecule has 0 amide bonds. The fraction of sp³-hybridized carbons (Fsp3) is 0.0698. The van der Waals surface area contributed by atoms with Crippen molar-refractivity contribution in [2.75, 3.05) is 0 Å². The van der Waals surface area contributed by atoms with Gasteiger partial charge in [0.15, 0.2) is 17.5 Å². The van der Waals surface area contributed by atoms with Crippen molar-refractivity contribution in [2.24, 2.45) is 0 Å². The third-order valence-corrected chi connectivity index (χ3v) is 9.50. The Kier molecular flexibility index (Phi) is 6.12. The summed E-state index contributed by atoms with van der Waals surface area (Å²) in [5, 5.41) is 3.62. The minimum absolute atomic E-state index is 0.170. The summed E-state index contributed by atoms with van der Waals surface area (Å²) < 4.78 is 0. The molecule has 0 saturated carbocycles. The first-order valence-electron chi connectivity index (χ1n) is 16.0. The Hall–Kier alpha value is -6.00. The Labute approximate surface area is 273 Å². The standard InChI is InChI=1S/C43H30N4/c1-43(2)35-19-11-9-17-31(35)34-26-25-33-32-18-10-12-20-36(32)44-39(37(33)38(34)43)27-21-23-30(24-22-27)42-46-40(28-13-5-3-6-14-28)45-41(47-42)29-15-7-4-8-16-29/h3-26H,1-2H3. The van der Waals surface area contributed by atoms with E-state index in [4.69, 9.17) is 19.9 Å². The molecule has 0 N–H and O–H groups in total. The van der Waals surface area contributed by atoms with Crippen molar-refractivity contribution in [1.29, 1.82) is 0 Å². The van der Waals surface area contributed by atoms with Crippen LogP contribution in [0.4, 0.5) is 0 Å². The maximum absolute atomic E-state index is 5.35. The van der Waals surface area contributed by atoms with E-state index in [1.165, 1.54) is 38.4 Å². The van der Waals surface area contributed by atoms with E-state index in [1.807, 2.05) is 60.7 Å². The molecular weight excluding hydrogens is 573 g/mol. The molecule has 0 atom stereocenters. The Morgan fingerprint density at radius 2 is 0.936 bits per heavy atom. The van der Waals surface area contributed by atoms with Gasteiger partial charge in [-0.1, -0.05) is 153 Å². The molecule has 4 heteroatoms. The second-order valence-electron chi connectivity index (χ2n) is 12.7. The van der Waals surface area contributed by atoms with E-state index in [2.05, 4.69) is 98.8 Å². The molecule has 1 aliphatic rings. The largest absolute Gasteiger partial charge is 0.247 e. The van der Waals surface area contributed by atoms with E-state index in [-0.39, 0.29) is 5.41 Å². The molecule has 8 aromatic rings. The molecule has 222 valence electrons. The van der Waals surface area contributed by atoms with Gasteiger partial charge in [-0.05, 0) is 33.7 Å². The Morgan fingerprint density at radius 1 is 0.404 bits per heavy atom. The number of fused-ring (bicyclic) bond motifs is 7. The second kappa shape index (κ2) is 10.5. The molecule has 0 fully saturated rings. The highest BCUT2D eigenvalue weighted by molar-refractivity contribution is 6.15.